The molecule has 1 aromatic rings. The van der Waals surface area contributed by atoms with E-state index in [1.165, 1.54) is 6.07 Å². The summed E-state index contributed by atoms with van der Waals surface area (Å²) >= 11 is 12.1. The van der Waals surface area contributed by atoms with Crippen LogP contribution in [0.4, 0.5) is 4.39 Å². The molecule has 1 unspecified atom stereocenters. The monoisotopic (exact) mass is 336 g/mol. The van der Waals surface area contributed by atoms with Gasteiger partial charge in [0.2, 0.25) is 0 Å². The molecule has 0 N–H and O–H groups in total. The third-order valence-electron chi connectivity index (χ3n) is 3.08. The molecular formula is C14H15Cl2FO2S. The summed E-state index contributed by atoms with van der Waals surface area (Å²) in [6.45, 7) is 6.07. The average molecular weight is 337 g/mol. The molecule has 6 heteroatoms. The second-order valence-corrected chi connectivity index (χ2v) is 6.79. The van der Waals surface area contributed by atoms with Gasteiger partial charge in [0.25, 0.3) is 5.24 Å². The van der Waals surface area contributed by atoms with E-state index in [1.54, 1.807) is 0 Å². The lowest BCUT2D eigenvalue weighted by atomic mass is 9.95. The molecule has 0 aliphatic rings. The molecule has 0 amide bonds. The molecular weight excluding hydrogens is 322 g/mol. The Hall–Kier alpha value is -0.580. The maximum Gasteiger partial charge on any atom is 0.255 e. The Labute approximate surface area is 132 Å². The van der Waals surface area contributed by atoms with E-state index in [4.69, 9.17) is 23.2 Å². The molecule has 0 heterocycles. The van der Waals surface area contributed by atoms with Crippen molar-refractivity contribution in [3.63, 3.8) is 0 Å². The summed E-state index contributed by atoms with van der Waals surface area (Å²) in [7, 11) is 0. The first-order valence-electron chi connectivity index (χ1n) is 6.12. The van der Waals surface area contributed by atoms with Gasteiger partial charge in [-0.1, -0.05) is 44.1 Å². The Bertz CT molecular complexity index is 532. The normalized spacial score (nSPS) is 12.6. The molecule has 2 nitrogen and oxygen atoms in total. The van der Waals surface area contributed by atoms with Gasteiger partial charge in [-0.3, -0.25) is 9.59 Å². The highest BCUT2D eigenvalue weighted by Crippen LogP contribution is 2.32. The molecule has 1 rings (SSSR count). The fraction of sp³-hybridized carbons (Fsp3) is 0.429. The van der Waals surface area contributed by atoms with Crippen LogP contribution in [0.2, 0.25) is 5.02 Å². The molecule has 1 aromatic carbocycles. The van der Waals surface area contributed by atoms with Crippen LogP contribution in [0.5, 0.6) is 0 Å². The number of carbonyl (C=O) groups excluding carboxylic acids is 2. The lowest BCUT2D eigenvalue weighted by molar-refractivity contribution is -0.111. The van der Waals surface area contributed by atoms with Crippen molar-refractivity contribution in [3.05, 3.63) is 28.5 Å². The van der Waals surface area contributed by atoms with Crippen molar-refractivity contribution in [1.29, 1.82) is 0 Å². The number of thioether (sulfide) groups is 1. The Morgan fingerprint density at radius 1 is 1.30 bits per heavy atom. The molecule has 1 atom stereocenters. The van der Waals surface area contributed by atoms with Gasteiger partial charge in [0.05, 0.1) is 10.6 Å². The van der Waals surface area contributed by atoms with Gasteiger partial charge in [-0.05, 0) is 35.6 Å². The maximum absolute atomic E-state index is 13.5. The van der Waals surface area contributed by atoms with E-state index >= 15 is 0 Å². The summed E-state index contributed by atoms with van der Waals surface area (Å²) in [4.78, 5) is 23.4. The Kier molecular flexibility index (Phi) is 6.49. The molecule has 0 radical (unpaired) electrons. The first kappa shape index (κ1) is 17.5. The molecule has 20 heavy (non-hydrogen) atoms. The first-order valence-corrected chi connectivity index (χ1v) is 7.69. The molecule has 0 aromatic heterocycles. The standard InChI is InChI=1S/C14H15Cl2FO2S/c1-7(2)8(3)4-13(18)20-12-5-9(14(16)19)11(17)6-10(12)15/h5-8H,4H2,1-3H3. The number of carbonyl (C=O) groups is 2. The molecule has 0 fully saturated rings. The molecule has 0 saturated heterocycles. The zero-order valence-electron chi connectivity index (χ0n) is 11.4. The van der Waals surface area contributed by atoms with Crippen LogP contribution in [0, 0.1) is 17.7 Å². The fourth-order valence-electron chi connectivity index (χ4n) is 1.42. The van der Waals surface area contributed by atoms with E-state index in [-0.39, 0.29) is 21.6 Å². The van der Waals surface area contributed by atoms with Crippen LogP contribution in [-0.4, -0.2) is 10.4 Å². The summed E-state index contributed by atoms with van der Waals surface area (Å²) in [5.74, 6) is -0.158. The first-order chi connectivity index (χ1) is 9.22. The average Bonchev–Trinajstić information content (AvgIpc) is 2.31. The van der Waals surface area contributed by atoms with Gasteiger partial charge in [-0.2, -0.15) is 0 Å². The summed E-state index contributed by atoms with van der Waals surface area (Å²) < 4.78 is 13.5. The lowest BCUT2D eigenvalue weighted by Gasteiger charge is -2.14. The van der Waals surface area contributed by atoms with Gasteiger partial charge in [-0.15, -0.1) is 0 Å². The summed E-state index contributed by atoms with van der Waals surface area (Å²) in [6, 6.07) is 2.22. The van der Waals surface area contributed by atoms with Crippen LogP contribution < -0.4 is 0 Å². The van der Waals surface area contributed by atoms with Crippen molar-refractivity contribution in [1.82, 2.24) is 0 Å². The summed E-state index contributed by atoms with van der Waals surface area (Å²) in [5, 5.41) is -0.892. The van der Waals surface area contributed by atoms with Gasteiger partial charge < -0.3 is 0 Å². The number of rotatable bonds is 5. The number of halogens is 3. The van der Waals surface area contributed by atoms with E-state index in [0.29, 0.717) is 17.2 Å². The predicted molar refractivity (Wildman–Crippen MR) is 81.1 cm³/mol. The maximum atomic E-state index is 13.5. The highest BCUT2D eigenvalue weighted by atomic mass is 35.5. The molecule has 0 aliphatic carbocycles. The second-order valence-electron chi connectivity index (χ2n) is 4.94. The predicted octanol–water partition coefficient (Wildman–Crippen LogP) is 5.16. The Morgan fingerprint density at radius 2 is 1.90 bits per heavy atom. The number of hydrogen-bond donors (Lipinski definition) is 0. The quantitative estimate of drug-likeness (QED) is 0.550. The third kappa shape index (κ3) is 4.76. The number of benzene rings is 1. The fourth-order valence-corrected chi connectivity index (χ4v) is 2.76. The van der Waals surface area contributed by atoms with E-state index < -0.39 is 11.1 Å². The number of hydrogen-bond acceptors (Lipinski definition) is 3. The molecule has 0 spiro atoms. The minimum absolute atomic E-state index is 0.0762. The smallest absolute Gasteiger partial charge is 0.255 e. The van der Waals surface area contributed by atoms with E-state index in [9.17, 15) is 14.0 Å². The van der Waals surface area contributed by atoms with Crippen LogP contribution in [0.3, 0.4) is 0 Å². The zero-order chi connectivity index (χ0) is 15.4. The van der Waals surface area contributed by atoms with Crippen molar-refractivity contribution >= 4 is 45.3 Å². The van der Waals surface area contributed by atoms with Gasteiger partial charge >= 0.3 is 0 Å². The zero-order valence-corrected chi connectivity index (χ0v) is 13.7. The molecule has 0 bridgehead atoms. The molecule has 0 aliphatic heterocycles. The minimum Gasteiger partial charge on any atom is -0.287 e. The summed E-state index contributed by atoms with van der Waals surface area (Å²) in [6.07, 6.45) is 0.389. The van der Waals surface area contributed by atoms with E-state index in [0.717, 1.165) is 17.8 Å². The Morgan fingerprint density at radius 3 is 2.40 bits per heavy atom. The lowest BCUT2D eigenvalue weighted by Crippen LogP contribution is -2.08. The van der Waals surface area contributed by atoms with E-state index in [1.807, 2.05) is 20.8 Å². The molecule has 110 valence electrons. The van der Waals surface area contributed by atoms with Crippen molar-refractivity contribution in [3.8, 4) is 0 Å². The SMILES string of the molecule is CC(C)C(C)CC(=O)Sc1cc(C(=O)Cl)c(F)cc1Cl. The Balaban J connectivity index is 2.90. The second kappa shape index (κ2) is 7.43. The van der Waals surface area contributed by atoms with Crippen LogP contribution in [0.1, 0.15) is 37.6 Å². The largest absolute Gasteiger partial charge is 0.287 e. The van der Waals surface area contributed by atoms with Crippen LogP contribution in [-0.2, 0) is 4.79 Å². The van der Waals surface area contributed by atoms with Crippen LogP contribution in [0.15, 0.2) is 17.0 Å². The van der Waals surface area contributed by atoms with Gasteiger partial charge in [0.1, 0.15) is 5.82 Å². The summed E-state index contributed by atoms with van der Waals surface area (Å²) in [5.41, 5.74) is -0.275. The van der Waals surface area contributed by atoms with Gasteiger partial charge in [0, 0.05) is 11.3 Å². The van der Waals surface area contributed by atoms with Crippen molar-refractivity contribution in [2.24, 2.45) is 11.8 Å². The highest BCUT2D eigenvalue weighted by molar-refractivity contribution is 8.13. The van der Waals surface area contributed by atoms with Crippen molar-refractivity contribution in [2.45, 2.75) is 32.1 Å². The van der Waals surface area contributed by atoms with Crippen molar-refractivity contribution < 1.29 is 14.0 Å². The minimum atomic E-state index is -0.913. The highest BCUT2D eigenvalue weighted by Gasteiger charge is 2.18. The van der Waals surface area contributed by atoms with E-state index in [2.05, 4.69) is 0 Å². The van der Waals surface area contributed by atoms with Gasteiger partial charge in [-0.25, -0.2) is 4.39 Å². The third-order valence-corrected chi connectivity index (χ3v) is 4.66. The van der Waals surface area contributed by atoms with Crippen LogP contribution in [0.25, 0.3) is 0 Å². The van der Waals surface area contributed by atoms with Crippen LogP contribution >= 0.6 is 35.0 Å². The van der Waals surface area contributed by atoms with Crippen molar-refractivity contribution in [2.75, 3.05) is 0 Å². The molecule has 0 saturated carbocycles. The van der Waals surface area contributed by atoms with Gasteiger partial charge in [0.15, 0.2) is 5.12 Å². The topological polar surface area (TPSA) is 34.1 Å².